The van der Waals surface area contributed by atoms with Crippen molar-refractivity contribution in [1.29, 1.82) is 0 Å². The van der Waals surface area contributed by atoms with Crippen molar-refractivity contribution in [3.8, 4) is 0 Å². The standard InChI is InChI=1S/C9H16O3/c1-4-7(3)9(11)12-6-8(10)5-2/h4,8,10H,5-6H2,1-3H3. The molecule has 0 heterocycles. The van der Waals surface area contributed by atoms with Gasteiger partial charge in [-0.15, -0.1) is 0 Å². The van der Waals surface area contributed by atoms with Gasteiger partial charge in [-0.3, -0.25) is 0 Å². The Morgan fingerprint density at radius 3 is 2.67 bits per heavy atom. The minimum absolute atomic E-state index is 0.0838. The summed E-state index contributed by atoms with van der Waals surface area (Å²) in [5.41, 5.74) is 0.568. The van der Waals surface area contributed by atoms with Crippen molar-refractivity contribution >= 4 is 5.97 Å². The van der Waals surface area contributed by atoms with Crippen LogP contribution < -0.4 is 0 Å². The molecule has 0 rings (SSSR count). The van der Waals surface area contributed by atoms with E-state index in [-0.39, 0.29) is 12.6 Å². The van der Waals surface area contributed by atoms with Crippen LogP contribution in [0.15, 0.2) is 11.6 Å². The van der Waals surface area contributed by atoms with E-state index in [2.05, 4.69) is 0 Å². The number of esters is 1. The van der Waals surface area contributed by atoms with E-state index in [1.807, 2.05) is 6.92 Å². The predicted octanol–water partition coefficient (Wildman–Crippen LogP) is 1.27. The first-order valence-corrected chi connectivity index (χ1v) is 4.09. The number of allylic oxidation sites excluding steroid dienone is 1. The van der Waals surface area contributed by atoms with E-state index >= 15 is 0 Å². The summed E-state index contributed by atoms with van der Waals surface area (Å²) in [6.07, 6.45) is 1.74. The largest absolute Gasteiger partial charge is 0.460 e. The lowest BCUT2D eigenvalue weighted by Gasteiger charge is -2.08. The SMILES string of the molecule is CC=C(C)C(=O)OCC(O)CC. The van der Waals surface area contributed by atoms with E-state index in [1.54, 1.807) is 19.9 Å². The molecule has 0 saturated heterocycles. The molecule has 3 heteroatoms. The Kier molecular flexibility index (Phi) is 5.37. The van der Waals surface area contributed by atoms with Crippen LogP contribution in [0.1, 0.15) is 27.2 Å². The highest BCUT2D eigenvalue weighted by Gasteiger charge is 2.07. The Labute approximate surface area is 73.0 Å². The molecule has 0 spiro atoms. The van der Waals surface area contributed by atoms with Crippen molar-refractivity contribution in [3.05, 3.63) is 11.6 Å². The second kappa shape index (κ2) is 5.77. The molecule has 0 radical (unpaired) electrons. The number of ether oxygens (including phenoxy) is 1. The van der Waals surface area contributed by atoms with Gasteiger partial charge >= 0.3 is 5.97 Å². The van der Waals surface area contributed by atoms with Crippen LogP contribution in [-0.4, -0.2) is 23.8 Å². The monoisotopic (exact) mass is 172 g/mol. The van der Waals surface area contributed by atoms with Crippen LogP contribution in [0.25, 0.3) is 0 Å². The highest BCUT2D eigenvalue weighted by molar-refractivity contribution is 5.87. The average Bonchev–Trinajstić information content (AvgIpc) is 2.11. The molecule has 1 atom stereocenters. The van der Waals surface area contributed by atoms with Crippen LogP contribution in [0.2, 0.25) is 0 Å². The molecule has 12 heavy (non-hydrogen) atoms. The first-order chi connectivity index (χ1) is 5.61. The molecule has 0 aromatic carbocycles. The minimum Gasteiger partial charge on any atom is -0.460 e. The molecule has 0 aliphatic heterocycles. The average molecular weight is 172 g/mol. The zero-order chi connectivity index (χ0) is 9.56. The predicted molar refractivity (Wildman–Crippen MR) is 46.7 cm³/mol. The second-order valence-electron chi connectivity index (χ2n) is 2.63. The highest BCUT2D eigenvalue weighted by atomic mass is 16.5. The van der Waals surface area contributed by atoms with Gasteiger partial charge in [0.1, 0.15) is 6.61 Å². The molecule has 0 aromatic rings. The lowest BCUT2D eigenvalue weighted by atomic mass is 10.3. The number of rotatable bonds is 4. The lowest BCUT2D eigenvalue weighted by Crippen LogP contribution is -2.17. The molecular formula is C9H16O3. The number of aliphatic hydroxyl groups excluding tert-OH is 1. The molecule has 1 unspecified atom stereocenters. The summed E-state index contributed by atoms with van der Waals surface area (Å²) in [5.74, 6) is -0.356. The quantitative estimate of drug-likeness (QED) is 0.513. The maximum Gasteiger partial charge on any atom is 0.333 e. The summed E-state index contributed by atoms with van der Waals surface area (Å²) in [5, 5.41) is 9.06. The number of carbonyl (C=O) groups is 1. The fourth-order valence-corrected chi connectivity index (χ4v) is 0.521. The van der Waals surface area contributed by atoms with Crippen molar-refractivity contribution in [2.24, 2.45) is 0 Å². The van der Waals surface area contributed by atoms with Gasteiger partial charge in [0.15, 0.2) is 0 Å². The molecule has 3 nitrogen and oxygen atoms in total. The number of hydrogen-bond acceptors (Lipinski definition) is 3. The maximum atomic E-state index is 11.0. The Hall–Kier alpha value is -0.830. The summed E-state index contributed by atoms with van der Waals surface area (Å²) in [7, 11) is 0. The molecule has 70 valence electrons. The first kappa shape index (κ1) is 11.2. The molecule has 0 saturated carbocycles. The van der Waals surface area contributed by atoms with Gasteiger partial charge in [0.25, 0.3) is 0 Å². The van der Waals surface area contributed by atoms with E-state index in [0.29, 0.717) is 12.0 Å². The fourth-order valence-electron chi connectivity index (χ4n) is 0.521. The van der Waals surface area contributed by atoms with Crippen LogP contribution in [0.5, 0.6) is 0 Å². The number of hydrogen-bond donors (Lipinski definition) is 1. The van der Waals surface area contributed by atoms with Gasteiger partial charge in [-0.2, -0.15) is 0 Å². The second-order valence-corrected chi connectivity index (χ2v) is 2.63. The Balaban J connectivity index is 3.72. The van der Waals surface area contributed by atoms with Crippen LogP contribution in [-0.2, 0) is 9.53 Å². The third-order valence-corrected chi connectivity index (χ3v) is 1.63. The zero-order valence-corrected chi connectivity index (χ0v) is 7.83. The van der Waals surface area contributed by atoms with Crippen molar-refractivity contribution in [2.75, 3.05) is 6.61 Å². The van der Waals surface area contributed by atoms with Crippen molar-refractivity contribution in [1.82, 2.24) is 0 Å². The van der Waals surface area contributed by atoms with Gasteiger partial charge in [0.2, 0.25) is 0 Å². The molecule has 0 amide bonds. The van der Waals surface area contributed by atoms with Gasteiger partial charge in [0, 0.05) is 5.57 Å². The smallest absolute Gasteiger partial charge is 0.333 e. The maximum absolute atomic E-state index is 11.0. The molecule has 0 aliphatic carbocycles. The van der Waals surface area contributed by atoms with Gasteiger partial charge < -0.3 is 9.84 Å². The van der Waals surface area contributed by atoms with E-state index < -0.39 is 6.10 Å². The van der Waals surface area contributed by atoms with Gasteiger partial charge in [0.05, 0.1) is 6.10 Å². The van der Waals surface area contributed by atoms with Crippen molar-refractivity contribution in [3.63, 3.8) is 0 Å². The minimum atomic E-state index is -0.543. The van der Waals surface area contributed by atoms with Crippen LogP contribution in [0.3, 0.4) is 0 Å². The van der Waals surface area contributed by atoms with E-state index in [9.17, 15) is 4.79 Å². The Morgan fingerprint density at radius 1 is 1.67 bits per heavy atom. The molecular weight excluding hydrogens is 156 g/mol. The summed E-state index contributed by atoms with van der Waals surface area (Å²) < 4.78 is 4.79. The van der Waals surface area contributed by atoms with Crippen molar-refractivity contribution in [2.45, 2.75) is 33.3 Å². The third-order valence-electron chi connectivity index (χ3n) is 1.63. The molecule has 1 N–H and O–H groups in total. The highest BCUT2D eigenvalue weighted by Crippen LogP contribution is 1.98. The topological polar surface area (TPSA) is 46.5 Å². The first-order valence-electron chi connectivity index (χ1n) is 4.09. The van der Waals surface area contributed by atoms with Crippen LogP contribution in [0, 0.1) is 0 Å². The molecule has 0 fully saturated rings. The summed E-state index contributed by atoms with van der Waals surface area (Å²) in [6.45, 7) is 5.37. The Morgan fingerprint density at radius 2 is 2.25 bits per heavy atom. The number of aliphatic hydroxyl groups is 1. The summed E-state index contributed by atoms with van der Waals surface area (Å²) in [4.78, 5) is 11.0. The van der Waals surface area contributed by atoms with Gasteiger partial charge in [-0.1, -0.05) is 13.0 Å². The summed E-state index contributed by atoms with van der Waals surface area (Å²) >= 11 is 0. The van der Waals surface area contributed by atoms with E-state index in [1.165, 1.54) is 0 Å². The molecule has 0 aromatic heterocycles. The zero-order valence-electron chi connectivity index (χ0n) is 7.83. The Bertz CT molecular complexity index is 173. The lowest BCUT2D eigenvalue weighted by molar-refractivity contribution is -0.141. The third kappa shape index (κ3) is 4.13. The molecule has 0 aliphatic rings. The normalized spacial score (nSPS) is 14.2. The molecule has 0 bridgehead atoms. The number of carbonyl (C=O) groups excluding carboxylic acids is 1. The van der Waals surface area contributed by atoms with Gasteiger partial charge in [-0.25, -0.2) is 4.79 Å². The van der Waals surface area contributed by atoms with Crippen molar-refractivity contribution < 1.29 is 14.6 Å². The van der Waals surface area contributed by atoms with Crippen LogP contribution in [0.4, 0.5) is 0 Å². The van der Waals surface area contributed by atoms with Gasteiger partial charge in [-0.05, 0) is 20.3 Å². The van der Waals surface area contributed by atoms with Crippen LogP contribution >= 0.6 is 0 Å². The fraction of sp³-hybridized carbons (Fsp3) is 0.667. The summed E-state index contributed by atoms with van der Waals surface area (Å²) in [6, 6.07) is 0. The van der Waals surface area contributed by atoms with E-state index in [4.69, 9.17) is 9.84 Å². The van der Waals surface area contributed by atoms with E-state index in [0.717, 1.165) is 0 Å².